The Morgan fingerprint density at radius 3 is 2.52 bits per heavy atom. The van der Waals surface area contributed by atoms with Crippen molar-refractivity contribution in [3.8, 4) is 16.9 Å². The molecule has 148 valence electrons. The molecular weight excluding hydrogens is 358 g/mol. The van der Waals surface area contributed by atoms with Crippen molar-refractivity contribution >= 4 is 0 Å². The van der Waals surface area contributed by atoms with Crippen LogP contribution in [-0.2, 0) is 20.1 Å². The number of hydrogen-bond donors (Lipinski definition) is 0. The minimum Gasteiger partial charge on any atom is -0.337 e. The first-order valence-corrected chi connectivity index (χ1v) is 9.87. The molecule has 0 aliphatic carbocycles. The third-order valence-electron chi connectivity index (χ3n) is 5.22. The van der Waals surface area contributed by atoms with Gasteiger partial charge in [-0.15, -0.1) is 0 Å². The molecule has 5 heteroatoms. The zero-order valence-electron chi connectivity index (χ0n) is 17.5. The normalized spacial score (nSPS) is 11.3. The molecule has 0 atom stereocenters. The van der Waals surface area contributed by atoms with Crippen molar-refractivity contribution in [2.24, 2.45) is 7.05 Å². The predicted octanol–water partition coefficient (Wildman–Crippen LogP) is 4.52. The second-order valence-electron chi connectivity index (χ2n) is 7.73. The number of imidazole rings is 1. The Kier molecular flexibility index (Phi) is 5.32. The topological polar surface area (TPSA) is 38.9 Å². The van der Waals surface area contributed by atoms with E-state index in [-0.39, 0.29) is 0 Å². The van der Waals surface area contributed by atoms with E-state index in [1.54, 1.807) is 0 Å². The van der Waals surface area contributed by atoms with Crippen molar-refractivity contribution in [2.75, 3.05) is 7.05 Å². The molecule has 29 heavy (non-hydrogen) atoms. The number of benzene rings is 2. The lowest BCUT2D eigenvalue weighted by Crippen LogP contribution is -2.19. The summed E-state index contributed by atoms with van der Waals surface area (Å²) in [4.78, 5) is 6.73. The summed E-state index contributed by atoms with van der Waals surface area (Å²) in [5.74, 6) is 1.05. The minimum atomic E-state index is 0.784. The minimum absolute atomic E-state index is 0.784. The van der Waals surface area contributed by atoms with Crippen molar-refractivity contribution in [3.05, 3.63) is 89.6 Å². The molecular formula is C24H27N5. The molecule has 0 aliphatic rings. The van der Waals surface area contributed by atoms with Crippen LogP contribution in [0.4, 0.5) is 0 Å². The van der Waals surface area contributed by atoms with Gasteiger partial charge in [-0.3, -0.25) is 4.90 Å². The summed E-state index contributed by atoms with van der Waals surface area (Å²) < 4.78 is 4.09. The van der Waals surface area contributed by atoms with Crippen LogP contribution in [0.1, 0.15) is 22.5 Å². The molecule has 0 radical (unpaired) electrons. The summed E-state index contributed by atoms with van der Waals surface area (Å²) in [5, 5.41) is 4.99. The molecule has 0 fully saturated rings. The second-order valence-corrected chi connectivity index (χ2v) is 7.73. The summed E-state index contributed by atoms with van der Waals surface area (Å²) in [6.45, 7) is 5.83. The SMILES string of the molecule is Cc1ccc(C)c(-n2cc(CN(C)Cc3nccn3C)c(-c3ccccc3)n2)c1. The molecule has 0 aliphatic heterocycles. The maximum absolute atomic E-state index is 4.99. The molecule has 4 aromatic rings. The van der Waals surface area contributed by atoms with E-state index in [1.165, 1.54) is 16.7 Å². The highest BCUT2D eigenvalue weighted by Crippen LogP contribution is 2.26. The fourth-order valence-corrected chi connectivity index (χ4v) is 3.59. The van der Waals surface area contributed by atoms with Gasteiger partial charge in [0.1, 0.15) is 5.82 Å². The molecule has 2 aromatic heterocycles. The van der Waals surface area contributed by atoms with Crippen molar-refractivity contribution in [3.63, 3.8) is 0 Å². The predicted molar refractivity (Wildman–Crippen MR) is 117 cm³/mol. The fourth-order valence-electron chi connectivity index (χ4n) is 3.59. The number of hydrogen-bond acceptors (Lipinski definition) is 3. The summed E-state index contributed by atoms with van der Waals surface area (Å²) in [6, 6.07) is 16.9. The van der Waals surface area contributed by atoms with Crippen LogP contribution in [0.15, 0.2) is 67.1 Å². The van der Waals surface area contributed by atoms with Crippen LogP contribution in [-0.4, -0.2) is 31.3 Å². The van der Waals surface area contributed by atoms with E-state index >= 15 is 0 Å². The van der Waals surface area contributed by atoms with Gasteiger partial charge in [-0.05, 0) is 38.1 Å². The summed E-state index contributed by atoms with van der Waals surface area (Å²) in [7, 11) is 4.16. The van der Waals surface area contributed by atoms with Crippen molar-refractivity contribution < 1.29 is 0 Å². The summed E-state index contributed by atoms with van der Waals surface area (Å²) in [5.41, 5.74) is 6.94. The van der Waals surface area contributed by atoms with E-state index in [1.807, 2.05) is 30.2 Å². The third-order valence-corrected chi connectivity index (χ3v) is 5.22. The van der Waals surface area contributed by atoms with Gasteiger partial charge < -0.3 is 4.57 Å². The van der Waals surface area contributed by atoms with Gasteiger partial charge in [0.25, 0.3) is 0 Å². The van der Waals surface area contributed by atoms with E-state index in [9.17, 15) is 0 Å². The van der Waals surface area contributed by atoms with Crippen molar-refractivity contribution in [1.29, 1.82) is 0 Å². The van der Waals surface area contributed by atoms with Gasteiger partial charge in [-0.2, -0.15) is 5.10 Å². The average Bonchev–Trinajstić information content (AvgIpc) is 3.31. The molecule has 0 amide bonds. The lowest BCUT2D eigenvalue weighted by molar-refractivity contribution is 0.307. The maximum atomic E-state index is 4.99. The van der Waals surface area contributed by atoms with Gasteiger partial charge in [0.15, 0.2) is 0 Å². The van der Waals surface area contributed by atoms with E-state index < -0.39 is 0 Å². The zero-order valence-corrected chi connectivity index (χ0v) is 17.5. The largest absolute Gasteiger partial charge is 0.337 e. The Balaban J connectivity index is 1.70. The standard InChI is InChI=1S/C24H27N5/c1-18-10-11-19(2)22(14-18)29-16-21(24(26-29)20-8-6-5-7-9-20)15-27(3)17-23-25-12-13-28(23)4/h5-14,16H,15,17H2,1-4H3. The fraction of sp³-hybridized carbons (Fsp3) is 0.250. The highest BCUT2D eigenvalue weighted by Gasteiger charge is 2.16. The Bertz CT molecular complexity index is 1110. The molecule has 5 nitrogen and oxygen atoms in total. The molecule has 0 spiro atoms. The molecule has 0 unspecified atom stereocenters. The number of nitrogens with zero attached hydrogens (tertiary/aromatic N) is 5. The quantitative estimate of drug-likeness (QED) is 0.490. The maximum Gasteiger partial charge on any atom is 0.122 e. The molecule has 0 bridgehead atoms. The van der Waals surface area contributed by atoms with E-state index in [0.717, 1.165) is 35.9 Å². The number of rotatable bonds is 6. The first-order chi connectivity index (χ1) is 14.0. The molecule has 0 saturated carbocycles. The van der Waals surface area contributed by atoms with Crippen LogP contribution >= 0.6 is 0 Å². The van der Waals surface area contributed by atoms with Crippen LogP contribution in [0, 0.1) is 13.8 Å². The van der Waals surface area contributed by atoms with Crippen LogP contribution < -0.4 is 0 Å². The second kappa shape index (κ2) is 8.05. The lowest BCUT2D eigenvalue weighted by Gasteiger charge is -2.16. The molecule has 2 heterocycles. The van der Waals surface area contributed by atoms with E-state index in [2.05, 4.69) is 84.0 Å². The van der Waals surface area contributed by atoms with Gasteiger partial charge in [-0.1, -0.05) is 42.5 Å². The van der Waals surface area contributed by atoms with Gasteiger partial charge >= 0.3 is 0 Å². The molecule has 0 N–H and O–H groups in total. The Labute approximate surface area is 172 Å². The van der Waals surface area contributed by atoms with E-state index in [4.69, 9.17) is 5.10 Å². The van der Waals surface area contributed by atoms with Crippen LogP contribution in [0.2, 0.25) is 0 Å². The summed E-state index contributed by atoms with van der Waals surface area (Å²) in [6.07, 6.45) is 5.99. The molecule has 2 aromatic carbocycles. The first kappa shape index (κ1) is 19.2. The summed E-state index contributed by atoms with van der Waals surface area (Å²) >= 11 is 0. The number of aryl methyl sites for hydroxylation is 3. The molecule has 0 saturated heterocycles. The molecule has 4 rings (SSSR count). The van der Waals surface area contributed by atoms with Crippen LogP contribution in [0.25, 0.3) is 16.9 Å². The average molecular weight is 386 g/mol. The number of aromatic nitrogens is 4. The van der Waals surface area contributed by atoms with Crippen LogP contribution in [0.3, 0.4) is 0 Å². The smallest absolute Gasteiger partial charge is 0.122 e. The lowest BCUT2D eigenvalue weighted by atomic mass is 10.1. The third kappa shape index (κ3) is 4.15. The van der Waals surface area contributed by atoms with Crippen LogP contribution in [0.5, 0.6) is 0 Å². The van der Waals surface area contributed by atoms with Gasteiger partial charge in [0.05, 0.1) is 17.9 Å². The first-order valence-electron chi connectivity index (χ1n) is 9.87. The Morgan fingerprint density at radius 2 is 1.79 bits per heavy atom. The Morgan fingerprint density at radius 1 is 1.00 bits per heavy atom. The highest BCUT2D eigenvalue weighted by atomic mass is 15.3. The van der Waals surface area contributed by atoms with E-state index in [0.29, 0.717) is 0 Å². The van der Waals surface area contributed by atoms with Crippen molar-refractivity contribution in [1.82, 2.24) is 24.2 Å². The Hall–Kier alpha value is -3.18. The van der Waals surface area contributed by atoms with Gasteiger partial charge in [0, 0.05) is 43.3 Å². The van der Waals surface area contributed by atoms with Gasteiger partial charge in [0.2, 0.25) is 0 Å². The highest BCUT2D eigenvalue weighted by molar-refractivity contribution is 5.63. The monoisotopic (exact) mass is 385 g/mol. The van der Waals surface area contributed by atoms with Crippen molar-refractivity contribution in [2.45, 2.75) is 26.9 Å². The zero-order chi connectivity index (χ0) is 20.4. The van der Waals surface area contributed by atoms with Gasteiger partial charge in [-0.25, -0.2) is 9.67 Å².